The van der Waals surface area contributed by atoms with Gasteiger partial charge in [0, 0.05) is 0 Å². The summed E-state index contributed by atoms with van der Waals surface area (Å²) >= 11 is 0. The molecule has 0 bridgehead atoms. The molecule has 0 saturated carbocycles. The first-order chi connectivity index (χ1) is 2.79. The lowest BCUT2D eigenvalue weighted by Gasteiger charge is -2.23. The van der Waals surface area contributed by atoms with Crippen LogP contribution in [0.2, 0.25) is 0 Å². The van der Waals surface area contributed by atoms with Gasteiger partial charge in [0.05, 0.1) is 13.1 Å². The Labute approximate surface area is 48.9 Å². The van der Waals surface area contributed by atoms with Gasteiger partial charge in [0.25, 0.3) is 0 Å². The smallest absolute Gasteiger partial charge is 0.160 e. The van der Waals surface area contributed by atoms with Crippen molar-refractivity contribution in [2.24, 2.45) is 0 Å². The van der Waals surface area contributed by atoms with Gasteiger partial charge in [0.1, 0.15) is 0 Å². The molecule has 0 aromatic carbocycles. The topological polar surface area (TPSA) is 20.3 Å². The molecule has 0 aromatic heterocycles. The molecule has 0 unspecified atom stereocenters. The normalized spacial score (nSPS) is 20.4. The molecule has 3 heteroatoms. The third kappa shape index (κ3) is 1.45. The van der Waals surface area contributed by atoms with Crippen LogP contribution in [0.25, 0.3) is 0 Å². The van der Waals surface area contributed by atoms with Crippen molar-refractivity contribution in [3.8, 4) is 0 Å². The van der Waals surface area contributed by atoms with Crippen LogP contribution in [-0.4, -0.2) is 30.8 Å². The van der Waals surface area contributed by atoms with Gasteiger partial charge in [-0.25, -0.2) is 0 Å². The highest BCUT2D eigenvalue weighted by atomic mass is 35.5. The quantitative estimate of drug-likeness (QED) is 0.447. The largest absolute Gasteiger partial charge is 0.297 e. The maximum absolute atomic E-state index is 10.1. The van der Waals surface area contributed by atoms with E-state index in [1.54, 1.807) is 0 Å². The SMILES string of the molecule is CN1CC(=O)C1.Cl. The molecule has 2 nitrogen and oxygen atoms in total. The minimum atomic E-state index is 0. The predicted molar refractivity (Wildman–Crippen MR) is 29.8 cm³/mol. The lowest BCUT2D eigenvalue weighted by atomic mass is 10.2. The molecular weight excluding hydrogens is 114 g/mol. The number of hydrogen-bond donors (Lipinski definition) is 0. The number of Topliss-reactive ketones (excluding diaryl/α,β-unsaturated/α-hetero) is 1. The van der Waals surface area contributed by atoms with Crippen LogP contribution >= 0.6 is 12.4 Å². The van der Waals surface area contributed by atoms with Crippen LogP contribution in [0, 0.1) is 0 Å². The summed E-state index contributed by atoms with van der Waals surface area (Å²) < 4.78 is 0. The first kappa shape index (κ1) is 6.92. The predicted octanol–water partition coefficient (Wildman–Crippen LogP) is -0.0773. The number of ketones is 1. The molecule has 0 N–H and O–H groups in total. The third-order valence-electron chi connectivity index (χ3n) is 0.893. The van der Waals surface area contributed by atoms with Gasteiger partial charge in [-0.3, -0.25) is 9.69 Å². The van der Waals surface area contributed by atoms with E-state index in [2.05, 4.69) is 0 Å². The zero-order chi connectivity index (χ0) is 4.57. The van der Waals surface area contributed by atoms with Crippen LogP contribution < -0.4 is 0 Å². The van der Waals surface area contributed by atoms with E-state index in [1.165, 1.54) is 0 Å². The van der Waals surface area contributed by atoms with Crippen molar-refractivity contribution in [3.63, 3.8) is 0 Å². The highest BCUT2D eigenvalue weighted by Gasteiger charge is 2.17. The number of likely N-dealkylation sites (tertiary alicyclic amines) is 1. The Kier molecular flexibility index (Phi) is 2.26. The summed E-state index contributed by atoms with van der Waals surface area (Å²) in [5.74, 6) is 0.359. The summed E-state index contributed by atoms with van der Waals surface area (Å²) in [5, 5.41) is 0. The Morgan fingerprint density at radius 1 is 1.57 bits per heavy atom. The highest BCUT2D eigenvalue weighted by Crippen LogP contribution is 1.93. The summed E-state index contributed by atoms with van der Waals surface area (Å²) in [7, 11) is 1.93. The van der Waals surface area contributed by atoms with Crippen LogP contribution in [0.1, 0.15) is 0 Å². The number of carbonyl (C=O) groups excluding carboxylic acids is 1. The van der Waals surface area contributed by atoms with Crippen molar-refractivity contribution < 1.29 is 4.79 Å². The summed E-state index contributed by atoms with van der Waals surface area (Å²) in [5.41, 5.74) is 0. The molecule has 7 heavy (non-hydrogen) atoms. The molecule has 1 heterocycles. The second-order valence-corrected chi connectivity index (χ2v) is 1.71. The summed E-state index contributed by atoms with van der Waals surface area (Å²) in [4.78, 5) is 12.0. The zero-order valence-electron chi connectivity index (χ0n) is 4.18. The molecule has 0 aliphatic carbocycles. The van der Waals surface area contributed by atoms with Crippen LogP contribution in [-0.2, 0) is 4.79 Å². The Bertz CT molecular complexity index is 75.8. The lowest BCUT2D eigenvalue weighted by molar-refractivity contribution is -0.127. The Morgan fingerprint density at radius 2 is 2.00 bits per heavy atom. The first-order valence-electron chi connectivity index (χ1n) is 1.99. The molecule has 1 fully saturated rings. The summed E-state index contributed by atoms with van der Waals surface area (Å²) in [6, 6.07) is 0. The van der Waals surface area contributed by atoms with Gasteiger partial charge in [-0.05, 0) is 7.05 Å². The molecule has 1 saturated heterocycles. The van der Waals surface area contributed by atoms with Gasteiger partial charge >= 0.3 is 0 Å². The Morgan fingerprint density at radius 3 is 2.00 bits per heavy atom. The second-order valence-electron chi connectivity index (χ2n) is 1.71. The van der Waals surface area contributed by atoms with E-state index < -0.39 is 0 Å². The molecule has 1 aliphatic heterocycles. The van der Waals surface area contributed by atoms with E-state index in [1.807, 2.05) is 11.9 Å². The van der Waals surface area contributed by atoms with Crippen LogP contribution in [0.4, 0.5) is 0 Å². The number of carbonyl (C=O) groups is 1. The van der Waals surface area contributed by atoms with E-state index in [-0.39, 0.29) is 12.4 Å². The van der Waals surface area contributed by atoms with Crippen LogP contribution in [0.15, 0.2) is 0 Å². The number of nitrogens with zero attached hydrogens (tertiary/aromatic N) is 1. The zero-order valence-corrected chi connectivity index (χ0v) is 4.99. The fourth-order valence-electron chi connectivity index (χ4n) is 0.556. The Balaban J connectivity index is 0.000000360. The number of likely N-dealkylation sites (N-methyl/N-ethyl adjacent to an activating group) is 1. The minimum absolute atomic E-state index is 0. The monoisotopic (exact) mass is 121 g/mol. The molecule has 0 aromatic rings. The summed E-state index contributed by atoms with van der Waals surface area (Å²) in [6.07, 6.45) is 0. The molecular formula is C4H8ClNO. The molecule has 0 amide bonds. The average Bonchev–Trinajstić information content (AvgIpc) is 1.33. The van der Waals surface area contributed by atoms with Crippen molar-refractivity contribution in [3.05, 3.63) is 0 Å². The maximum atomic E-state index is 10.1. The van der Waals surface area contributed by atoms with Gasteiger partial charge < -0.3 is 0 Å². The van der Waals surface area contributed by atoms with E-state index >= 15 is 0 Å². The molecule has 1 aliphatic rings. The lowest BCUT2D eigenvalue weighted by Crippen LogP contribution is -2.43. The van der Waals surface area contributed by atoms with Gasteiger partial charge in [0.15, 0.2) is 5.78 Å². The first-order valence-corrected chi connectivity index (χ1v) is 1.99. The second kappa shape index (κ2) is 2.28. The van der Waals surface area contributed by atoms with Crippen molar-refractivity contribution in [1.82, 2.24) is 4.90 Å². The van der Waals surface area contributed by atoms with Crippen molar-refractivity contribution in [2.45, 2.75) is 0 Å². The van der Waals surface area contributed by atoms with Gasteiger partial charge in [0.2, 0.25) is 0 Å². The number of rotatable bonds is 0. The molecule has 1 rings (SSSR count). The van der Waals surface area contributed by atoms with E-state index in [0.29, 0.717) is 18.9 Å². The van der Waals surface area contributed by atoms with Crippen molar-refractivity contribution in [1.29, 1.82) is 0 Å². The standard InChI is InChI=1S/C4H7NO.ClH/c1-5-2-4(6)3-5;/h2-3H2,1H3;1H. The molecule has 0 atom stereocenters. The fourth-order valence-corrected chi connectivity index (χ4v) is 0.556. The summed E-state index contributed by atoms with van der Waals surface area (Å²) in [6.45, 7) is 1.33. The van der Waals surface area contributed by atoms with Crippen LogP contribution in [0.3, 0.4) is 0 Å². The van der Waals surface area contributed by atoms with Crippen LogP contribution in [0.5, 0.6) is 0 Å². The third-order valence-corrected chi connectivity index (χ3v) is 0.893. The maximum Gasteiger partial charge on any atom is 0.160 e. The van der Waals surface area contributed by atoms with Gasteiger partial charge in [-0.15, -0.1) is 12.4 Å². The van der Waals surface area contributed by atoms with Gasteiger partial charge in [-0.1, -0.05) is 0 Å². The van der Waals surface area contributed by atoms with E-state index in [4.69, 9.17) is 0 Å². The van der Waals surface area contributed by atoms with Crippen molar-refractivity contribution >= 4 is 18.2 Å². The number of hydrogen-bond acceptors (Lipinski definition) is 2. The van der Waals surface area contributed by atoms with E-state index in [9.17, 15) is 4.79 Å². The minimum Gasteiger partial charge on any atom is -0.297 e. The molecule has 0 spiro atoms. The Hall–Kier alpha value is -0.0800. The molecule has 0 radical (unpaired) electrons. The fraction of sp³-hybridized carbons (Fsp3) is 0.750. The highest BCUT2D eigenvalue weighted by molar-refractivity contribution is 5.87. The number of halogens is 1. The molecule has 42 valence electrons. The van der Waals surface area contributed by atoms with Gasteiger partial charge in [-0.2, -0.15) is 0 Å². The van der Waals surface area contributed by atoms with E-state index in [0.717, 1.165) is 0 Å². The average molecular weight is 122 g/mol. The van der Waals surface area contributed by atoms with Crippen molar-refractivity contribution in [2.75, 3.05) is 20.1 Å².